The van der Waals surface area contributed by atoms with Crippen LogP contribution < -0.4 is 11.5 Å². The van der Waals surface area contributed by atoms with Crippen LogP contribution >= 0.6 is 15.9 Å². The van der Waals surface area contributed by atoms with Crippen LogP contribution in [0.4, 0.5) is 10.2 Å². The van der Waals surface area contributed by atoms with Gasteiger partial charge in [0.15, 0.2) is 0 Å². The topological polar surface area (TPSA) is 64.9 Å². The lowest BCUT2D eigenvalue weighted by Crippen LogP contribution is -2.16. The predicted molar refractivity (Wildman–Crippen MR) is 68.8 cm³/mol. The zero-order valence-corrected chi connectivity index (χ0v) is 10.5. The van der Waals surface area contributed by atoms with Crippen molar-refractivity contribution in [2.45, 2.75) is 6.04 Å². The number of anilines is 1. The first-order valence-electron chi connectivity index (χ1n) is 5.00. The molecule has 1 aromatic carbocycles. The van der Waals surface area contributed by atoms with Crippen LogP contribution in [-0.4, -0.2) is 4.98 Å². The third-order valence-corrected chi connectivity index (χ3v) is 2.99. The molecule has 0 aliphatic rings. The van der Waals surface area contributed by atoms with Crippen LogP contribution in [0, 0.1) is 5.82 Å². The van der Waals surface area contributed by atoms with Gasteiger partial charge < -0.3 is 11.5 Å². The molecular formula is C12H11BrFN3. The highest BCUT2D eigenvalue weighted by Gasteiger charge is 2.16. The van der Waals surface area contributed by atoms with Crippen molar-refractivity contribution < 1.29 is 4.39 Å². The van der Waals surface area contributed by atoms with Crippen molar-refractivity contribution in [3.8, 4) is 0 Å². The quantitative estimate of drug-likeness (QED) is 0.895. The van der Waals surface area contributed by atoms with Gasteiger partial charge in [-0.1, -0.05) is 22.0 Å². The molecule has 1 heterocycles. The summed E-state index contributed by atoms with van der Waals surface area (Å²) < 4.78 is 14.4. The molecule has 0 bridgehead atoms. The van der Waals surface area contributed by atoms with E-state index >= 15 is 0 Å². The van der Waals surface area contributed by atoms with E-state index in [-0.39, 0.29) is 5.82 Å². The monoisotopic (exact) mass is 295 g/mol. The molecule has 1 atom stereocenters. The van der Waals surface area contributed by atoms with Gasteiger partial charge in [-0.05, 0) is 24.3 Å². The third kappa shape index (κ3) is 2.45. The molecular weight excluding hydrogens is 285 g/mol. The van der Waals surface area contributed by atoms with E-state index in [2.05, 4.69) is 20.9 Å². The molecule has 1 unspecified atom stereocenters. The fourth-order valence-corrected chi connectivity index (χ4v) is 1.99. The predicted octanol–water partition coefficient (Wildman–Crippen LogP) is 2.61. The van der Waals surface area contributed by atoms with Gasteiger partial charge in [-0.2, -0.15) is 0 Å². The number of hydrogen-bond donors (Lipinski definition) is 2. The molecule has 0 amide bonds. The summed E-state index contributed by atoms with van der Waals surface area (Å²) in [5.74, 6) is -0.0386. The average Bonchev–Trinajstić information content (AvgIpc) is 2.32. The van der Waals surface area contributed by atoms with Gasteiger partial charge in [-0.15, -0.1) is 0 Å². The van der Waals surface area contributed by atoms with Gasteiger partial charge in [0, 0.05) is 21.8 Å². The van der Waals surface area contributed by atoms with Gasteiger partial charge in [0.1, 0.15) is 11.6 Å². The van der Waals surface area contributed by atoms with E-state index in [0.29, 0.717) is 16.9 Å². The van der Waals surface area contributed by atoms with E-state index in [1.165, 1.54) is 6.07 Å². The fraction of sp³-hybridized carbons (Fsp3) is 0.0833. The molecule has 2 rings (SSSR count). The van der Waals surface area contributed by atoms with E-state index in [9.17, 15) is 4.39 Å². The molecule has 5 heteroatoms. The Morgan fingerprint density at radius 2 is 2.00 bits per heavy atom. The maximum Gasteiger partial charge on any atom is 0.128 e. The van der Waals surface area contributed by atoms with Crippen LogP contribution in [-0.2, 0) is 0 Å². The zero-order chi connectivity index (χ0) is 12.4. The smallest absolute Gasteiger partial charge is 0.128 e. The van der Waals surface area contributed by atoms with Crippen molar-refractivity contribution in [1.82, 2.24) is 4.98 Å². The van der Waals surface area contributed by atoms with Gasteiger partial charge in [0.25, 0.3) is 0 Å². The molecule has 17 heavy (non-hydrogen) atoms. The number of nitrogen functional groups attached to an aromatic ring is 1. The molecule has 4 N–H and O–H groups in total. The molecule has 88 valence electrons. The second-order valence-corrected chi connectivity index (χ2v) is 4.54. The summed E-state index contributed by atoms with van der Waals surface area (Å²) in [6.45, 7) is 0. The average molecular weight is 296 g/mol. The first-order valence-corrected chi connectivity index (χ1v) is 5.80. The molecule has 0 saturated carbocycles. The molecule has 0 saturated heterocycles. The van der Waals surface area contributed by atoms with Crippen LogP contribution in [0.5, 0.6) is 0 Å². The van der Waals surface area contributed by atoms with E-state index in [1.807, 2.05) is 0 Å². The lowest BCUT2D eigenvalue weighted by Gasteiger charge is -2.15. The van der Waals surface area contributed by atoms with Crippen molar-refractivity contribution in [3.63, 3.8) is 0 Å². The summed E-state index contributed by atoms with van der Waals surface area (Å²) in [5.41, 5.74) is 12.7. The van der Waals surface area contributed by atoms with Crippen LogP contribution in [0.2, 0.25) is 0 Å². The number of nitrogens with zero attached hydrogens (tertiary/aromatic N) is 1. The standard InChI is InChI=1S/C12H11BrFN3/c13-7-3-4-10(14)9(6-7)11(15)8-2-1-5-17-12(8)16/h1-6,11H,15H2,(H2,16,17). The highest BCUT2D eigenvalue weighted by molar-refractivity contribution is 9.10. The highest BCUT2D eigenvalue weighted by Crippen LogP contribution is 2.27. The first kappa shape index (κ1) is 12.0. The van der Waals surface area contributed by atoms with Crippen LogP contribution in [0.15, 0.2) is 41.0 Å². The number of aromatic nitrogens is 1. The number of halogens is 2. The minimum atomic E-state index is -0.624. The third-order valence-electron chi connectivity index (χ3n) is 2.50. The van der Waals surface area contributed by atoms with Gasteiger partial charge in [-0.25, -0.2) is 9.37 Å². The van der Waals surface area contributed by atoms with Crippen molar-refractivity contribution >= 4 is 21.7 Å². The van der Waals surface area contributed by atoms with Gasteiger partial charge in [0.05, 0.1) is 6.04 Å². The van der Waals surface area contributed by atoms with Crippen molar-refractivity contribution in [1.29, 1.82) is 0 Å². The number of hydrogen-bond acceptors (Lipinski definition) is 3. The highest BCUT2D eigenvalue weighted by atomic mass is 79.9. The van der Waals surface area contributed by atoms with Gasteiger partial charge in [0.2, 0.25) is 0 Å². The second-order valence-electron chi connectivity index (χ2n) is 3.62. The van der Waals surface area contributed by atoms with Crippen molar-refractivity contribution in [2.75, 3.05) is 5.73 Å². The summed E-state index contributed by atoms with van der Waals surface area (Å²) >= 11 is 3.29. The van der Waals surface area contributed by atoms with Gasteiger partial charge >= 0.3 is 0 Å². The second kappa shape index (κ2) is 4.81. The molecule has 0 spiro atoms. The molecule has 0 aliphatic carbocycles. The summed E-state index contributed by atoms with van der Waals surface area (Å²) in [4.78, 5) is 3.94. The summed E-state index contributed by atoms with van der Waals surface area (Å²) in [5, 5.41) is 0. The number of pyridine rings is 1. The zero-order valence-electron chi connectivity index (χ0n) is 8.90. The van der Waals surface area contributed by atoms with E-state index in [4.69, 9.17) is 11.5 Å². The normalized spacial score (nSPS) is 12.4. The lowest BCUT2D eigenvalue weighted by molar-refractivity contribution is 0.599. The summed E-state index contributed by atoms with van der Waals surface area (Å²) in [6, 6.07) is 7.48. The van der Waals surface area contributed by atoms with Crippen LogP contribution in [0.25, 0.3) is 0 Å². The maximum absolute atomic E-state index is 13.7. The first-order chi connectivity index (χ1) is 8.09. The number of rotatable bonds is 2. The van der Waals surface area contributed by atoms with Crippen molar-refractivity contribution in [3.05, 3.63) is 57.9 Å². The Morgan fingerprint density at radius 1 is 1.24 bits per heavy atom. The van der Waals surface area contributed by atoms with E-state index in [1.54, 1.807) is 30.5 Å². The molecule has 0 radical (unpaired) electrons. The minimum absolute atomic E-state index is 0.319. The van der Waals surface area contributed by atoms with Gasteiger partial charge in [-0.3, -0.25) is 0 Å². The molecule has 2 aromatic rings. The SMILES string of the molecule is Nc1ncccc1C(N)c1cc(Br)ccc1F. The molecule has 1 aromatic heterocycles. The maximum atomic E-state index is 13.7. The van der Waals surface area contributed by atoms with Crippen LogP contribution in [0.1, 0.15) is 17.2 Å². The van der Waals surface area contributed by atoms with Crippen molar-refractivity contribution in [2.24, 2.45) is 5.73 Å². The molecule has 0 aliphatic heterocycles. The lowest BCUT2D eigenvalue weighted by atomic mass is 10.00. The van der Waals surface area contributed by atoms with E-state index in [0.717, 1.165) is 4.47 Å². The summed E-state index contributed by atoms with van der Waals surface area (Å²) in [7, 11) is 0. The molecule has 3 nitrogen and oxygen atoms in total. The Bertz CT molecular complexity index is 545. The number of nitrogens with two attached hydrogens (primary N) is 2. The minimum Gasteiger partial charge on any atom is -0.383 e. The Morgan fingerprint density at radius 3 is 2.71 bits per heavy atom. The Labute approximate surface area is 107 Å². The largest absolute Gasteiger partial charge is 0.383 e. The fourth-order valence-electron chi connectivity index (χ4n) is 1.61. The Balaban J connectivity index is 2.47. The number of benzene rings is 1. The summed E-state index contributed by atoms with van der Waals surface area (Å²) in [6.07, 6.45) is 1.57. The van der Waals surface area contributed by atoms with Crippen LogP contribution in [0.3, 0.4) is 0 Å². The Hall–Kier alpha value is -1.46. The molecule has 0 fully saturated rings. The Kier molecular flexibility index (Phi) is 3.40. The van der Waals surface area contributed by atoms with E-state index < -0.39 is 6.04 Å².